The highest BCUT2D eigenvalue weighted by Gasteiger charge is 2.47. The van der Waals surface area contributed by atoms with Crippen LogP contribution in [0.3, 0.4) is 0 Å². The van der Waals surface area contributed by atoms with Crippen molar-refractivity contribution in [2.45, 2.75) is 51.6 Å². The summed E-state index contributed by atoms with van der Waals surface area (Å²) in [5.41, 5.74) is 0.816. The first kappa shape index (κ1) is 16.9. The lowest BCUT2D eigenvalue weighted by Crippen LogP contribution is -2.42. The molecule has 4 amide bonds. The van der Waals surface area contributed by atoms with E-state index >= 15 is 0 Å². The van der Waals surface area contributed by atoms with Gasteiger partial charge in [0.2, 0.25) is 0 Å². The van der Waals surface area contributed by atoms with E-state index < -0.39 is 17.8 Å². The number of carbonyl (C=O) groups excluding carboxylic acids is 3. The second-order valence-electron chi connectivity index (χ2n) is 6.72. The number of imide groups is 2. The van der Waals surface area contributed by atoms with Crippen LogP contribution in [0.4, 0.5) is 4.79 Å². The maximum absolute atomic E-state index is 12.7. The summed E-state index contributed by atoms with van der Waals surface area (Å²) in [6.07, 6.45) is 4.45. The van der Waals surface area contributed by atoms with Crippen molar-refractivity contribution in [3.8, 4) is 0 Å². The molecule has 2 aromatic heterocycles. The Morgan fingerprint density at radius 3 is 2.58 bits per heavy atom. The highest BCUT2D eigenvalue weighted by molar-refractivity contribution is 7.15. The maximum Gasteiger partial charge on any atom is 0.334 e. The number of aromatic nitrogens is 2. The third kappa shape index (κ3) is 2.63. The summed E-state index contributed by atoms with van der Waals surface area (Å²) in [6.45, 7) is 1.63. The molecule has 0 aromatic carbocycles. The molecule has 0 spiro atoms. The van der Waals surface area contributed by atoms with Gasteiger partial charge in [0, 0.05) is 23.2 Å². The van der Waals surface area contributed by atoms with Crippen LogP contribution in [0.25, 0.3) is 4.96 Å². The number of amides is 4. The third-order valence-corrected chi connectivity index (χ3v) is 5.92. The van der Waals surface area contributed by atoms with E-state index in [9.17, 15) is 19.2 Å². The molecular weight excluding hydrogens is 356 g/mol. The van der Waals surface area contributed by atoms with Crippen LogP contribution in [0.5, 0.6) is 0 Å². The molecule has 1 aliphatic heterocycles. The second-order valence-corrected chi connectivity index (χ2v) is 7.56. The Kier molecular flexibility index (Phi) is 4.10. The smallest absolute Gasteiger partial charge is 0.269 e. The van der Waals surface area contributed by atoms with Crippen LogP contribution in [-0.2, 0) is 16.1 Å². The van der Waals surface area contributed by atoms with Gasteiger partial charge in [0.1, 0.15) is 0 Å². The highest BCUT2D eigenvalue weighted by Crippen LogP contribution is 2.27. The standard InChI is InChI=1S/C17H18N4O4S/c1-10-9-26-16-18-11(7-13(22)20(10)16)8-19-14(23)15(24)21(17(19)25)12-5-3-2-4-6-12/h7,9,12H,2-6,8H2,1H3. The van der Waals surface area contributed by atoms with Gasteiger partial charge in [0.05, 0.1) is 12.2 Å². The van der Waals surface area contributed by atoms with Crippen molar-refractivity contribution in [3.05, 3.63) is 33.2 Å². The van der Waals surface area contributed by atoms with Crippen LogP contribution < -0.4 is 5.56 Å². The van der Waals surface area contributed by atoms with E-state index in [1.54, 1.807) is 6.92 Å². The molecule has 2 aromatic rings. The normalized spacial score (nSPS) is 19.2. The number of fused-ring (bicyclic) bond motifs is 1. The number of urea groups is 1. The first-order valence-electron chi connectivity index (χ1n) is 8.63. The van der Waals surface area contributed by atoms with E-state index in [1.807, 2.05) is 5.38 Å². The largest absolute Gasteiger partial charge is 0.334 e. The Bertz CT molecular complexity index is 973. The minimum absolute atomic E-state index is 0.171. The quantitative estimate of drug-likeness (QED) is 0.602. The predicted molar refractivity (Wildman–Crippen MR) is 93.7 cm³/mol. The Morgan fingerprint density at radius 2 is 1.85 bits per heavy atom. The molecule has 1 aliphatic carbocycles. The van der Waals surface area contributed by atoms with Crippen molar-refractivity contribution in [1.29, 1.82) is 0 Å². The summed E-state index contributed by atoms with van der Waals surface area (Å²) in [5.74, 6) is -1.61. The zero-order valence-corrected chi connectivity index (χ0v) is 15.1. The van der Waals surface area contributed by atoms with Crippen LogP contribution in [0.15, 0.2) is 16.2 Å². The maximum atomic E-state index is 12.7. The van der Waals surface area contributed by atoms with Crippen LogP contribution in [0.2, 0.25) is 0 Å². The van der Waals surface area contributed by atoms with E-state index in [0.717, 1.165) is 47.6 Å². The number of hydrogen-bond acceptors (Lipinski definition) is 6. The van der Waals surface area contributed by atoms with Crippen molar-refractivity contribution < 1.29 is 14.4 Å². The Balaban J connectivity index is 1.62. The molecule has 2 fully saturated rings. The summed E-state index contributed by atoms with van der Waals surface area (Å²) in [5, 5.41) is 1.81. The Morgan fingerprint density at radius 1 is 1.12 bits per heavy atom. The second kappa shape index (κ2) is 6.31. The van der Waals surface area contributed by atoms with E-state index in [4.69, 9.17) is 0 Å². The zero-order chi connectivity index (χ0) is 18.4. The van der Waals surface area contributed by atoms with E-state index in [0.29, 0.717) is 10.7 Å². The van der Waals surface area contributed by atoms with E-state index in [-0.39, 0.29) is 18.1 Å². The highest BCUT2D eigenvalue weighted by atomic mass is 32.1. The zero-order valence-electron chi connectivity index (χ0n) is 14.3. The van der Waals surface area contributed by atoms with Crippen LogP contribution >= 0.6 is 11.3 Å². The average Bonchev–Trinajstić information content (AvgIpc) is 3.09. The van der Waals surface area contributed by atoms with Gasteiger partial charge in [-0.2, -0.15) is 0 Å². The topological polar surface area (TPSA) is 92.1 Å². The number of rotatable bonds is 3. The predicted octanol–water partition coefficient (Wildman–Crippen LogP) is 1.69. The number of thiazole rings is 1. The first-order chi connectivity index (χ1) is 12.5. The fourth-order valence-corrected chi connectivity index (χ4v) is 4.56. The SMILES string of the molecule is Cc1csc2nc(CN3C(=O)C(=O)N(C4CCCCC4)C3=O)cc(=O)n12. The van der Waals surface area contributed by atoms with Gasteiger partial charge in [-0.3, -0.25) is 23.7 Å². The summed E-state index contributed by atoms with van der Waals surface area (Å²) in [4.78, 5) is 56.5. The summed E-state index contributed by atoms with van der Waals surface area (Å²) < 4.78 is 1.47. The number of hydrogen-bond donors (Lipinski definition) is 0. The fraction of sp³-hybridized carbons (Fsp3) is 0.471. The van der Waals surface area contributed by atoms with Crippen molar-refractivity contribution in [1.82, 2.24) is 19.2 Å². The van der Waals surface area contributed by atoms with Gasteiger partial charge in [-0.15, -0.1) is 11.3 Å². The molecule has 8 nitrogen and oxygen atoms in total. The first-order valence-corrected chi connectivity index (χ1v) is 9.51. The van der Waals surface area contributed by atoms with Gasteiger partial charge in [0.15, 0.2) is 4.96 Å². The molecule has 0 radical (unpaired) electrons. The summed E-state index contributed by atoms with van der Waals surface area (Å²) >= 11 is 1.31. The lowest BCUT2D eigenvalue weighted by molar-refractivity contribution is -0.144. The molecule has 0 unspecified atom stereocenters. The third-order valence-electron chi connectivity index (χ3n) is 4.97. The number of aryl methyl sites for hydroxylation is 1. The summed E-state index contributed by atoms with van der Waals surface area (Å²) in [6, 6.07) is 0.496. The Labute approximate surface area is 153 Å². The molecule has 0 N–H and O–H groups in total. The molecule has 1 saturated carbocycles. The van der Waals surface area contributed by atoms with Crippen molar-refractivity contribution in [3.63, 3.8) is 0 Å². The van der Waals surface area contributed by atoms with E-state index in [2.05, 4.69) is 4.98 Å². The van der Waals surface area contributed by atoms with Gasteiger partial charge in [-0.1, -0.05) is 19.3 Å². The minimum atomic E-state index is -0.843. The number of nitrogens with zero attached hydrogens (tertiary/aromatic N) is 4. The molecule has 3 heterocycles. The molecule has 0 bridgehead atoms. The van der Waals surface area contributed by atoms with Crippen molar-refractivity contribution in [2.75, 3.05) is 0 Å². The lowest BCUT2D eigenvalue weighted by Gasteiger charge is -2.28. The lowest BCUT2D eigenvalue weighted by atomic mass is 9.94. The van der Waals surface area contributed by atoms with Gasteiger partial charge in [-0.25, -0.2) is 14.7 Å². The van der Waals surface area contributed by atoms with Gasteiger partial charge < -0.3 is 0 Å². The van der Waals surface area contributed by atoms with Crippen LogP contribution in [0, 0.1) is 6.92 Å². The van der Waals surface area contributed by atoms with Crippen LogP contribution in [0.1, 0.15) is 43.5 Å². The molecule has 9 heteroatoms. The molecule has 1 saturated heterocycles. The monoisotopic (exact) mass is 374 g/mol. The fourth-order valence-electron chi connectivity index (χ4n) is 3.67. The van der Waals surface area contributed by atoms with Crippen molar-refractivity contribution in [2.24, 2.45) is 0 Å². The molecule has 136 valence electrons. The molecular formula is C17H18N4O4S. The molecule has 4 rings (SSSR count). The average molecular weight is 374 g/mol. The molecule has 2 aliphatic rings. The van der Waals surface area contributed by atoms with Gasteiger partial charge >= 0.3 is 17.8 Å². The van der Waals surface area contributed by atoms with Gasteiger partial charge in [-0.05, 0) is 19.8 Å². The van der Waals surface area contributed by atoms with Crippen molar-refractivity contribution >= 4 is 34.1 Å². The van der Waals surface area contributed by atoms with E-state index in [1.165, 1.54) is 21.8 Å². The Hall–Kier alpha value is -2.55. The van der Waals surface area contributed by atoms with Gasteiger partial charge in [0.25, 0.3) is 5.56 Å². The molecule has 0 atom stereocenters. The van der Waals surface area contributed by atoms with Crippen LogP contribution in [-0.4, -0.2) is 43.1 Å². The number of carbonyl (C=O) groups is 3. The minimum Gasteiger partial charge on any atom is -0.269 e. The molecule has 26 heavy (non-hydrogen) atoms. The summed E-state index contributed by atoms with van der Waals surface area (Å²) in [7, 11) is 0.